The number of aliphatic carboxylic acids is 1. The lowest BCUT2D eigenvalue weighted by atomic mass is 9.94. The van der Waals surface area contributed by atoms with Crippen LogP contribution in [0.4, 0.5) is 10.7 Å². The van der Waals surface area contributed by atoms with Crippen LogP contribution in [0.2, 0.25) is 0 Å². The first-order valence-corrected chi connectivity index (χ1v) is 11.5. The van der Waals surface area contributed by atoms with Gasteiger partial charge in [0.2, 0.25) is 5.88 Å². The summed E-state index contributed by atoms with van der Waals surface area (Å²) in [7, 11) is 0. The highest BCUT2D eigenvalue weighted by atomic mass is 16.6. The number of nitrogens with zero attached hydrogens (tertiary/aromatic N) is 2. The van der Waals surface area contributed by atoms with Gasteiger partial charge in [0.15, 0.2) is 5.69 Å². The molecule has 1 fully saturated rings. The van der Waals surface area contributed by atoms with Gasteiger partial charge in [0.25, 0.3) is 5.91 Å². The highest BCUT2D eigenvalue weighted by molar-refractivity contribution is 5.96. The zero-order valence-corrected chi connectivity index (χ0v) is 19.1. The number of fused-ring (bicyclic) bond motifs is 3. The summed E-state index contributed by atoms with van der Waals surface area (Å²) >= 11 is 0. The molecule has 0 bridgehead atoms. The van der Waals surface area contributed by atoms with E-state index in [1.807, 2.05) is 43.3 Å². The lowest BCUT2D eigenvalue weighted by Crippen LogP contribution is -2.50. The van der Waals surface area contributed by atoms with Crippen molar-refractivity contribution in [2.45, 2.75) is 31.7 Å². The predicted octanol–water partition coefficient (Wildman–Crippen LogP) is 4.36. The molecule has 2 aliphatic rings. The Balaban J connectivity index is 1.23. The van der Waals surface area contributed by atoms with Crippen molar-refractivity contribution in [3.05, 3.63) is 71.4 Å². The van der Waals surface area contributed by atoms with Crippen LogP contribution in [0, 0.1) is 5.92 Å². The summed E-state index contributed by atoms with van der Waals surface area (Å²) in [4.78, 5) is 38.2. The van der Waals surface area contributed by atoms with Crippen molar-refractivity contribution in [3.8, 4) is 11.1 Å². The number of anilines is 1. The molecule has 9 heteroatoms. The molecule has 9 nitrogen and oxygen atoms in total. The van der Waals surface area contributed by atoms with Crippen LogP contribution in [-0.4, -0.2) is 52.3 Å². The Morgan fingerprint density at radius 1 is 1.09 bits per heavy atom. The van der Waals surface area contributed by atoms with Gasteiger partial charge >= 0.3 is 12.1 Å². The molecule has 2 amide bonds. The van der Waals surface area contributed by atoms with E-state index in [2.05, 4.69) is 22.6 Å². The number of benzene rings is 2. The first kappa shape index (κ1) is 22.6. The number of piperidine rings is 1. The van der Waals surface area contributed by atoms with E-state index in [1.165, 1.54) is 11.0 Å². The summed E-state index contributed by atoms with van der Waals surface area (Å²) in [5.74, 6) is -1.56. The Morgan fingerprint density at radius 2 is 1.74 bits per heavy atom. The number of amides is 2. The molecule has 1 saturated heterocycles. The van der Waals surface area contributed by atoms with E-state index in [-0.39, 0.29) is 30.0 Å². The van der Waals surface area contributed by atoms with Gasteiger partial charge in [0.05, 0.1) is 0 Å². The number of carboxylic acids is 1. The van der Waals surface area contributed by atoms with Crippen LogP contribution in [-0.2, 0) is 9.53 Å². The monoisotopic (exact) mass is 475 g/mol. The predicted molar refractivity (Wildman–Crippen MR) is 126 cm³/mol. The van der Waals surface area contributed by atoms with Crippen LogP contribution >= 0.6 is 0 Å². The summed E-state index contributed by atoms with van der Waals surface area (Å²) in [5, 5.41) is 15.7. The summed E-state index contributed by atoms with van der Waals surface area (Å²) < 4.78 is 10.6. The molecule has 5 rings (SSSR count). The second kappa shape index (κ2) is 9.25. The van der Waals surface area contributed by atoms with Crippen molar-refractivity contribution in [1.29, 1.82) is 0 Å². The Hall–Kier alpha value is -4.14. The van der Waals surface area contributed by atoms with Gasteiger partial charge in [-0.15, -0.1) is 0 Å². The quantitative estimate of drug-likeness (QED) is 0.562. The molecule has 2 N–H and O–H groups in total. The highest BCUT2D eigenvalue weighted by Crippen LogP contribution is 2.44. The van der Waals surface area contributed by atoms with Gasteiger partial charge < -0.3 is 19.3 Å². The van der Waals surface area contributed by atoms with Gasteiger partial charge in [0.1, 0.15) is 12.6 Å². The molecule has 2 heterocycles. The van der Waals surface area contributed by atoms with Crippen LogP contribution in [0.15, 0.2) is 59.1 Å². The van der Waals surface area contributed by atoms with Crippen molar-refractivity contribution >= 4 is 23.9 Å². The lowest BCUT2D eigenvalue weighted by Gasteiger charge is -2.35. The van der Waals surface area contributed by atoms with E-state index >= 15 is 0 Å². The van der Waals surface area contributed by atoms with Gasteiger partial charge in [-0.25, -0.2) is 9.59 Å². The van der Waals surface area contributed by atoms with Crippen LogP contribution in [0.5, 0.6) is 0 Å². The lowest BCUT2D eigenvalue weighted by molar-refractivity contribution is -0.143. The molecular weight excluding hydrogens is 450 g/mol. The zero-order valence-electron chi connectivity index (χ0n) is 19.1. The SMILES string of the molecule is CC1CCC(C(=O)O)N(C(=O)c2cc(NC(=O)OCC3c4ccccc4-c4ccccc43)on2)C1. The Labute approximate surface area is 201 Å². The molecule has 180 valence electrons. The number of hydrogen-bond donors (Lipinski definition) is 2. The number of aromatic nitrogens is 1. The molecule has 0 spiro atoms. The van der Waals surface area contributed by atoms with Gasteiger partial charge in [-0.1, -0.05) is 60.6 Å². The molecular formula is C26H25N3O6. The summed E-state index contributed by atoms with van der Waals surface area (Å²) in [5.41, 5.74) is 4.37. The van der Waals surface area contributed by atoms with Gasteiger partial charge in [-0.2, -0.15) is 0 Å². The molecule has 1 aliphatic carbocycles. The number of carbonyl (C=O) groups is 3. The van der Waals surface area contributed by atoms with E-state index in [1.54, 1.807) is 0 Å². The van der Waals surface area contributed by atoms with Crippen LogP contribution in [0.1, 0.15) is 47.3 Å². The molecule has 2 atom stereocenters. The number of carboxylic acid groups (broad SMARTS) is 1. The van der Waals surface area contributed by atoms with Gasteiger partial charge in [0, 0.05) is 18.5 Å². The Kier molecular flexibility index (Phi) is 5.98. The van der Waals surface area contributed by atoms with Crippen molar-refractivity contribution in [3.63, 3.8) is 0 Å². The first-order chi connectivity index (χ1) is 16.9. The summed E-state index contributed by atoms with van der Waals surface area (Å²) in [6.07, 6.45) is 0.371. The van der Waals surface area contributed by atoms with Crippen molar-refractivity contribution < 1.29 is 28.8 Å². The van der Waals surface area contributed by atoms with Crippen LogP contribution in [0.25, 0.3) is 11.1 Å². The standard InChI is InChI=1S/C26H25N3O6/c1-15-10-11-22(25(31)32)29(13-15)24(30)21-12-23(35-28-21)27-26(33)34-14-20-18-8-4-2-6-16(18)17-7-3-5-9-19(17)20/h2-9,12,15,20,22H,10-11,13-14H2,1H3,(H,27,33)(H,31,32). The molecule has 2 aromatic carbocycles. The minimum atomic E-state index is -1.05. The van der Waals surface area contributed by atoms with E-state index in [9.17, 15) is 19.5 Å². The maximum absolute atomic E-state index is 12.9. The number of rotatable bonds is 5. The van der Waals surface area contributed by atoms with E-state index < -0.39 is 24.0 Å². The molecule has 3 aromatic rings. The van der Waals surface area contributed by atoms with E-state index in [0.29, 0.717) is 13.0 Å². The average Bonchev–Trinajstić information content (AvgIpc) is 3.44. The number of carbonyl (C=O) groups excluding carboxylic acids is 2. The largest absolute Gasteiger partial charge is 0.480 e. The molecule has 1 aliphatic heterocycles. The second-order valence-corrected chi connectivity index (χ2v) is 9.02. The number of likely N-dealkylation sites (tertiary alicyclic amines) is 1. The third-order valence-corrected chi connectivity index (χ3v) is 6.66. The van der Waals surface area contributed by atoms with Crippen molar-refractivity contribution in [2.24, 2.45) is 5.92 Å². The fourth-order valence-corrected chi connectivity index (χ4v) is 4.95. The minimum absolute atomic E-state index is 0.0532. The van der Waals surface area contributed by atoms with E-state index in [4.69, 9.17) is 9.26 Å². The number of nitrogens with one attached hydrogen (secondary N) is 1. The van der Waals surface area contributed by atoms with Crippen molar-refractivity contribution in [2.75, 3.05) is 18.5 Å². The molecule has 35 heavy (non-hydrogen) atoms. The number of ether oxygens (including phenoxy) is 1. The van der Waals surface area contributed by atoms with Crippen LogP contribution < -0.4 is 5.32 Å². The second-order valence-electron chi connectivity index (χ2n) is 9.02. The minimum Gasteiger partial charge on any atom is -0.480 e. The molecule has 0 radical (unpaired) electrons. The van der Waals surface area contributed by atoms with E-state index in [0.717, 1.165) is 28.7 Å². The molecule has 0 saturated carbocycles. The normalized spacial score (nSPS) is 19.1. The van der Waals surface area contributed by atoms with Gasteiger partial charge in [-0.05, 0) is 41.0 Å². The Morgan fingerprint density at radius 3 is 2.40 bits per heavy atom. The zero-order chi connectivity index (χ0) is 24.5. The molecule has 2 unspecified atom stereocenters. The maximum atomic E-state index is 12.9. The number of hydrogen-bond acceptors (Lipinski definition) is 6. The summed E-state index contributed by atoms with van der Waals surface area (Å²) in [6.45, 7) is 2.41. The maximum Gasteiger partial charge on any atom is 0.414 e. The first-order valence-electron chi connectivity index (χ1n) is 11.5. The van der Waals surface area contributed by atoms with Gasteiger partial charge in [-0.3, -0.25) is 10.1 Å². The third kappa shape index (κ3) is 4.37. The smallest absolute Gasteiger partial charge is 0.414 e. The van der Waals surface area contributed by atoms with Crippen molar-refractivity contribution in [1.82, 2.24) is 10.1 Å². The topological polar surface area (TPSA) is 122 Å². The molecule has 1 aromatic heterocycles. The highest BCUT2D eigenvalue weighted by Gasteiger charge is 2.36. The third-order valence-electron chi connectivity index (χ3n) is 6.66. The fourth-order valence-electron chi connectivity index (χ4n) is 4.95. The Bertz CT molecular complexity index is 1240. The summed E-state index contributed by atoms with van der Waals surface area (Å²) in [6, 6.07) is 16.4. The fraction of sp³-hybridized carbons (Fsp3) is 0.308. The van der Waals surface area contributed by atoms with Crippen LogP contribution in [0.3, 0.4) is 0 Å². The average molecular weight is 476 g/mol.